The molecule has 0 aliphatic heterocycles. The van der Waals surface area contributed by atoms with Gasteiger partial charge in [0.25, 0.3) is 0 Å². The van der Waals surface area contributed by atoms with Crippen molar-refractivity contribution in [3.63, 3.8) is 0 Å². The van der Waals surface area contributed by atoms with Gasteiger partial charge < -0.3 is 19.1 Å². The van der Waals surface area contributed by atoms with Crippen LogP contribution < -0.4 is 15.3 Å². The smallest absolute Gasteiger partial charge is 0.235 e. The van der Waals surface area contributed by atoms with Crippen molar-refractivity contribution in [1.82, 2.24) is 0 Å². The van der Waals surface area contributed by atoms with Crippen molar-refractivity contribution in [2.24, 2.45) is 0 Å². The third kappa shape index (κ3) is 2.98. The first-order valence-corrected chi connectivity index (χ1v) is 7.54. The summed E-state index contributed by atoms with van der Waals surface area (Å²) in [5.41, 5.74) is 0.425. The molecule has 3 rings (SSSR count). The van der Waals surface area contributed by atoms with E-state index in [4.69, 9.17) is 20.8 Å². The van der Waals surface area contributed by atoms with Crippen LogP contribution in [0.25, 0.3) is 22.3 Å². The zero-order chi connectivity index (χ0) is 17.3. The molecule has 122 valence electrons. The van der Waals surface area contributed by atoms with Gasteiger partial charge in [-0.1, -0.05) is 41.9 Å². The SMILES string of the molecule is C[C@H](Oc1c(-c2ccccc2)oc2ccc(Cl)cc2c1=O)C(=O)[O-]. The van der Waals surface area contributed by atoms with Crippen molar-refractivity contribution in [1.29, 1.82) is 0 Å². The Kier molecular flexibility index (Phi) is 4.27. The van der Waals surface area contributed by atoms with E-state index in [2.05, 4.69) is 0 Å². The van der Waals surface area contributed by atoms with Crippen LogP contribution in [-0.2, 0) is 4.79 Å². The monoisotopic (exact) mass is 343 g/mol. The molecule has 24 heavy (non-hydrogen) atoms. The Labute approximate surface area is 142 Å². The highest BCUT2D eigenvalue weighted by atomic mass is 35.5. The molecule has 0 saturated carbocycles. The van der Waals surface area contributed by atoms with E-state index in [1.54, 1.807) is 36.4 Å². The molecule has 6 heteroatoms. The van der Waals surface area contributed by atoms with E-state index in [0.29, 0.717) is 16.2 Å². The van der Waals surface area contributed by atoms with Crippen molar-refractivity contribution in [3.05, 3.63) is 63.8 Å². The zero-order valence-electron chi connectivity index (χ0n) is 12.6. The number of hydrogen-bond donors (Lipinski definition) is 0. The number of fused-ring (bicyclic) bond motifs is 1. The minimum absolute atomic E-state index is 0.156. The summed E-state index contributed by atoms with van der Waals surface area (Å²) in [6.07, 6.45) is -1.31. The van der Waals surface area contributed by atoms with Gasteiger partial charge in [-0.25, -0.2) is 0 Å². The molecular weight excluding hydrogens is 332 g/mol. The normalized spacial score (nSPS) is 12.1. The summed E-state index contributed by atoms with van der Waals surface area (Å²) in [6, 6.07) is 13.5. The van der Waals surface area contributed by atoms with Gasteiger partial charge in [-0.3, -0.25) is 4.79 Å². The van der Waals surface area contributed by atoms with Crippen LogP contribution in [0.1, 0.15) is 6.92 Å². The summed E-state index contributed by atoms with van der Waals surface area (Å²) in [4.78, 5) is 23.8. The lowest BCUT2D eigenvalue weighted by molar-refractivity contribution is -0.312. The van der Waals surface area contributed by atoms with Crippen LogP contribution in [0, 0.1) is 0 Å². The molecule has 0 amide bonds. The average Bonchev–Trinajstić information content (AvgIpc) is 2.58. The van der Waals surface area contributed by atoms with Crippen LogP contribution >= 0.6 is 11.6 Å². The van der Waals surface area contributed by atoms with Crippen molar-refractivity contribution in [2.75, 3.05) is 0 Å². The minimum Gasteiger partial charge on any atom is -0.546 e. The third-order valence-corrected chi connectivity index (χ3v) is 3.71. The van der Waals surface area contributed by atoms with Crippen LogP contribution in [0.5, 0.6) is 5.75 Å². The molecule has 0 spiro atoms. The van der Waals surface area contributed by atoms with E-state index in [0.717, 1.165) is 0 Å². The average molecular weight is 344 g/mol. The van der Waals surface area contributed by atoms with Gasteiger partial charge in [0.2, 0.25) is 11.2 Å². The Morgan fingerprint density at radius 2 is 1.92 bits per heavy atom. The van der Waals surface area contributed by atoms with Gasteiger partial charge in [0, 0.05) is 10.6 Å². The van der Waals surface area contributed by atoms with Crippen LogP contribution in [-0.4, -0.2) is 12.1 Å². The quantitative estimate of drug-likeness (QED) is 0.727. The van der Waals surface area contributed by atoms with Crippen molar-refractivity contribution in [2.45, 2.75) is 13.0 Å². The van der Waals surface area contributed by atoms with Crippen LogP contribution in [0.15, 0.2) is 57.7 Å². The predicted octanol–water partition coefficient (Wildman–Crippen LogP) is 2.63. The number of carboxylic acids is 1. The largest absolute Gasteiger partial charge is 0.546 e. The van der Waals surface area contributed by atoms with Gasteiger partial charge in [-0.15, -0.1) is 0 Å². The van der Waals surface area contributed by atoms with Crippen molar-refractivity contribution in [3.8, 4) is 17.1 Å². The predicted molar refractivity (Wildman–Crippen MR) is 88.0 cm³/mol. The minimum atomic E-state index is -1.43. The topological polar surface area (TPSA) is 79.6 Å². The van der Waals surface area contributed by atoms with Gasteiger partial charge in [0.05, 0.1) is 11.4 Å². The van der Waals surface area contributed by atoms with Gasteiger partial charge >= 0.3 is 0 Å². The molecule has 2 aromatic carbocycles. The van der Waals surface area contributed by atoms with Gasteiger partial charge in [-0.05, 0) is 25.1 Å². The molecule has 0 unspecified atom stereocenters. The van der Waals surface area contributed by atoms with Crippen molar-refractivity contribution >= 4 is 28.5 Å². The first-order valence-electron chi connectivity index (χ1n) is 7.16. The first kappa shape index (κ1) is 16.1. The highest BCUT2D eigenvalue weighted by molar-refractivity contribution is 6.31. The lowest BCUT2D eigenvalue weighted by Crippen LogP contribution is -2.38. The molecule has 0 fully saturated rings. The van der Waals surface area contributed by atoms with E-state index >= 15 is 0 Å². The molecule has 0 N–H and O–H groups in total. The lowest BCUT2D eigenvalue weighted by atomic mass is 10.1. The second-order valence-corrected chi connectivity index (χ2v) is 5.61. The highest BCUT2D eigenvalue weighted by Crippen LogP contribution is 2.32. The number of carboxylic acid groups (broad SMARTS) is 1. The molecule has 0 aliphatic rings. The van der Waals surface area contributed by atoms with Crippen LogP contribution in [0.4, 0.5) is 0 Å². The van der Waals surface area contributed by atoms with E-state index in [1.165, 1.54) is 13.0 Å². The van der Waals surface area contributed by atoms with E-state index < -0.39 is 17.5 Å². The fourth-order valence-electron chi connectivity index (χ4n) is 2.26. The summed E-state index contributed by atoms with van der Waals surface area (Å²) in [7, 11) is 0. The summed E-state index contributed by atoms with van der Waals surface area (Å²) >= 11 is 5.93. The molecule has 0 radical (unpaired) electrons. The number of carbonyl (C=O) groups is 1. The Bertz CT molecular complexity index is 962. The summed E-state index contributed by atoms with van der Waals surface area (Å²) in [5, 5.41) is 11.6. The maximum absolute atomic E-state index is 12.8. The lowest BCUT2D eigenvalue weighted by Gasteiger charge is -2.17. The van der Waals surface area contributed by atoms with Gasteiger partial charge in [0.1, 0.15) is 11.7 Å². The number of hydrogen-bond acceptors (Lipinski definition) is 5. The maximum Gasteiger partial charge on any atom is 0.235 e. The van der Waals surface area contributed by atoms with Crippen LogP contribution in [0.3, 0.4) is 0 Å². The molecule has 0 bridgehead atoms. The second-order valence-electron chi connectivity index (χ2n) is 5.18. The summed E-state index contributed by atoms with van der Waals surface area (Å²) in [5.74, 6) is -1.46. The van der Waals surface area contributed by atoms with Crippen LogP contribution in [0.2, 0.25) is 5.02 Å². The first-order chi connectivity index (χ1) is 11.5. The molecule has 0 aliphatic carbocycles. The number of halogens is 1. The number of rotatable bonds is 4. The van der Waals surface area contributed by atoms with E-state index in [1.807, 2.05) is 6.07 Å². The standard InChI is InChI=1S/C18H13ClO5/c1-10(18(21)22)23-17-15(20)13-9-12(19)7-8-14(13)24-16(17)11-5-3-2-4-6-11/h2-10H,1H3,(H,21,22)/p-1/t10-/m0/s1. The zero-order valence-corrected chi connectivity index (χ0v) is 13.4. The maximum atomic E-state index is 12.8. The number of aliphatic carboxylic acids is 1. The molecule has 3 aromatic rings. The number of benzene rings is 2. The number of carbonyl (C=O) groups excluding carboxylic acids is 1. The van der Waals surface area contributed by atoms with Crippen molar-refractivity contribution < 1.29 is 19.1 Å². The molecular formula is C18H12ClO5-. The van der Waals surface area contributed by atoms with E-state index in [-0.39, 0.29) is 16.9 Å². The summed E-state index contributed by atoms with van der Waals surface area (Å²) in [6.45, 7) is 1.28. The Morgan fingerprint density at radius 1 is 1.21 bits per heavy atom. The fourth-order valence-corrected chi connectivity index (χ4v) is 2.43. The van der Waals surface area contributed by atoms with E-state index in [9.17, 15) is 14.7 Å². The second kappa shape index (κ2) is 6.37. The van der Waals surface area contributed by atoms with Gasteiger partial charge in [-0.2, -0.15) is 0 Å². The van der Waals surface area contributed by atoms with Gasteiger partial charge in [0.15, 0.2) is 5.76 Å². The molecule has 5 nitrogen and oxygen atoms in total. The Morgan fingerprint density at radius 3 is 2.58 bits per heavy atom. The number of ether oxygens (including phenoxy) is 1. The fraction of sp³-hybridized carbons (Fsp3) is 0.111. The Hall–Kier alpha value is -2.79. The molecule has 1 aromatic heterocycles. The molecule has 0 saturated heterocycles. The highest BCUT2D eigenvalue weighted by Gasteiger charge is 2.20. The molecule has 1 atom stereocenters. The molecule has 1 heterocycles. The Balaban J connectivity index is 2.30. The third-order valence-electron chi connectivity index (χ3n) is 3.47. The summed E-state index contributed by atoms with van der Waals surface area (Å²) < 4.78 is 11.1.